The van der Waals surface area contributed by atoms with E-state index in [1.54, 1.807) is 0 Å². The van der Waals surface area contributed by atoms with Crippen molar-refractivity contribution < 1.29 is 0 Å². The van der Waals surface area contributed by atoms with Crippen molar-refractivity contribution in [1.82, 2.24) is 19.5 Å². The van der Waals surface area contributed by atoms with Gasteiger partial charge in [0.05, 0.1) is 11.0 Å². The molecule has 0 unspecified atom stereocenters. The molecule has 0 aliphatic heterocycles. The van der Waals surface area contributed by atoms with Crippen molar-refractivity contribution in [3.63, 3.8) is 0 Å². The Kier molecular flexibility index (Phi) is 8.12. The first-order chi connectivity index (χ1) is 27.3. The van der Waals surface area contributed by atoms with Crippen molar-refractivity contribution in [3.8, 4) is 73.2 Å². The third-order valence-corrected chi connectivity index (χ3v) is 10.3. The van der Waals surface area contributed by atoms with Crippen molar-refractivity contribution in [3.05, 3.63) is 206 Å². The van der Waals surface area contributed by atoms with Crippen LogP contribution in [0.3, 0.4) is 0 Å². The van der Waals surface area contributed by atoms with Crippen LogP contribution in [0.1, 0.15) is 0 Å². The van der Waals surface area contributed by atoms with E-state index in [9.17, 15) is 0 Å². The SMILES string of the molecule is c1ccc(-c2ccc(-c3cc(-c4ccccc4)cc4c3c3ccccc3n4-c3ccc(-c4nc(-c5ccccc5)nc(-c5ccccc5)n4)cc3)cc2)cc1. The van der Waals surface area contributed by atoms with Gasteiger partial charge in [-0.3, -0.25) is 0 Å². The van der Waals surface area contributed by atoms with Crippen LogP contribution in [0.15, 0.2) is 206 Å². The average molecular weight is 703 g/mol. The van der Waals surface area contributed by atoms with Gasteiger partial charge >= 0.3 is 0 Å². The lowest BCUT2D eigenvalue weighted by Gasteiger charge is -2.13. The van der Waals surface area contributed by atoms with Crippen LogP contribution in [0.25, 0.3) is 95.0 Å². The van der Waals surface area contributed by atoms with Gasteiger partial charge in [-0.15, -0.1) is 0 Å². The normalized spacial score (nSPS) is 11.3. The third kappa shape index (κ3) is 6.06. The molecule has 10 aromatic rings. The zero-order chi connectivity index (χ0) is 36.6. The summed E-state index contributed by atoms with van der Waals surface area (Å²) in [6, 6.07) is 72.4. The molecule has 0 radical (unpaired) electrons. The van der Waals surface area contributed by atoms with Crippen molar-refractivity contribution in [1.29, 1.82) is 0 Å². The van der Waals surface area contributed by atoms with Gasteiger partial charge in [-0.2, -0.15) is 0 Å². The molecule has 0 saturated carbocycles. The van der Waals surface area contributed by atoms with Crippen LogP contribution in [0.4, 0.5) is 0 Å². The molecule has 258 valence electrons. The second-order valence-electron chi connectivity index (χ2n) is 13.7. The van der Waals surface area contributed by atoms with E-state index in [0.717, 1.165) is 33.4 Å². The standard InChI is InChI=1S/C51H34N4/c1-5-15-35(16-6-1)37-25-27-38(28-26-37)45-33-42(36-17-7-2-8-18-36)34-47-48(45)44-23-13-14-24-46(44)55(47)43-31-29-41(30-32-43)51-53-49(39-19-9-3-10-20-39)52-50(54-51)40-21-11-4-12-22-40/h1-34H. The molecule has 0 saturated heterocycles. The van der Waals surface area contributed by atoms with E-state index in [4.69, 9.17) is 15.0 Å². The number of aromatic nitrogens is 4. The Morgan fingerprint density at radius 3 is 1.24 bits per heavy atom. The summed E-state index contributed by atoms with van der Waals surface area (Å²) in [5.74, 6) is 1.93. The molecule has 4 heteroatoms. The lowest BCUT2D eigenvalue weighted by atomic mass is 9.93. The molecule has 2 aromatic heterocycles. The highest BCUT2D eigenvalue weighted by Crippen LogP contribution is 2.42. The van der Waals surface area contributed by atoms with E-state index < -0.39 is 0 Å². The summed E-state index contributed by atoms with van der Waals surface area (Å²) in [4.78, 5) is 14.8. The fourth-order valence-corrected chi connectivity index (χ4v) is 7.57. The summed E-state index contributed by atoms with van der Waals surface area (Å²) in [6.45, 7) is 0. The summed E-state index contributed by atoms with van der Waals surface area (Å²) >= 11 is 0. The van der Waals surface area contributed by atoms with Crippen LogP contribution >= 0.6 is 0 Å². The van der Waals surface area contributed by atoms with Crippen LogP contribution in [-0.2, 0) is 0 Å². The molecule has 0 fully saturated rings. The Labute approximate surface area is 319 Å². The Morgan fingerprint density at radius 1 is 0.291 bits per heavy atom. The van der Waals surface area contributed by atoms with Crippen LogP contribution in [0.5, 0.6) is 0 Å². The zero-order valence-electron chi connectivity index (χ0n) is 29.9. The molecule has 0 bridgehead atoms. The molecule has 0 N–H and O–H groups in total. The topological polar surface area (TPSA) is 43.6 Å². The van der Waals surface area contributed by atoms with Gasteiger partial charge in [0.1, 0.15) is 0 Å². The predicted octanol–water partition coefficient (Wildman–Crippen LogP) is 13.0. The van der Waals surface area contributed by atoms with Gasteiger partial charge in [0, 0.05) is 33.2 Å². The fraction of sp³-hybridized carbons (Fsp3) is 0. The molecule has 0 aliphatic carbocycles. The minimum Gasteiger partial charge on any atom is -0.309 e. The smallest absolute Gasteiger partial charge is 0.164 e. The first-order valence-electron chi connectivity index (χ1n) is 18.5. The van der Waals surface area contributed by atoms with E-state index in [2.05, 4.69) is 150 Å². The minimum absolute atomic E-state index is 0.633. The first-order valence-corrected chi connectivity index (χ1v) is 18.5. The second kappa shape index (κ2) is 13.8. The molecule has 0 aliphatic rings. The van der Waals surface area contributed by atoms with E-state index in [1.165, 1.54) is 44.2 Å². The molecule has 10 rings (SSSR count). The highest BCUT2D eigenvalue weighted by atomic mass is 15.0. The number of para-hydroxylation sites is 1. The molecule has 2 heterocycles. The number of hydrogen-bond donors (Lipinski definition) is 0. The van der Waals surface area contributed by atoms with Gasteiger partial charge in [0.2, 0.25) is 0 Å². The molecular weight excluding hydrogens is 669 g/mol. The Bertz CT molecular complexity index is 2860. The first kappa shape index (κ1) is 32.2. The third-order valence-electron chi connectivity index (χ3n) is 10.3. The second-order valence-corrected chi connectivity index (χ2v) is 13.7. The Hall–Kier alpha value is -7.43. The van der Waals surface area contributed by atoms with Crippen LogP contribution in [0.2, 0.25) is 0 Å². The molecule has 4 nitrogen and oxygen atoms in total. The average Bonchev–Trinajstić information content (AvgIpc) is 3.61. The number of benzene rings is 8. The largest absolute Gasteiger partial charge is 0.309 e. The van der Waals surface area contributed by atoms with Gasteiger partial charge in [-0.25, -0.2) is 15.0 Å². The molecular formula is C51H34N4. The van der Waals surface area contributed by atoms with Crippen LogP contribution in [-0.4, -0.2) is 19.5 Å². The number of nitrogens with zero attached hydrogens (tertiary/aromatic N) is 4. The lowest BCUT2D eigenvalue weighted by Crippen LogP contribution is -2.00. The van der Waals surface area contributed by atoms with Gasteiger partial charge < -0.3 is 4.57 Å². The summed E-state index contributed by atoms with van der Waals surface area (Å²) in [5.41, 5.74) is 13.3. The van der Waals surface area contributed by atoms with E-state index in [-0.39, 0.29) is 0 Å². The summed E-state index contributed by atoms with van der Waals surface area (Å²) in [7, 11) is 0. The molecule has 0 spiro atoms. The summed E-state index contributed by atoms with van der Waals surface area (Å²) in [5, 5.41) is 2.44. The Morgan fingerprint density at radius 2 is 0.691 bits per heavy atom. The maximum absolute atomic E-state index is 4.98. The predicted molar refractivity (Wildman–Crippen MR) is 227 cm³/mol. The molecule has 8 aromatic carbocycles. The number of hydrogen-bond acceptors (Lipinski definition) is 3. The van der Waals surface area contributed by atoms with Crippen molar-refractivity contribution in [2.45, 2.75) is 0 Å². The van der Waals surface area contributed by atoms with Crippen molar-refractivity contribution in [2.24, 2.45) is 0 Å². The Balaban J connectivity index is 1.14. The zero-order valence-corrected chi connectivity index (χ0v) is 29.9. The maximum atomic E-state index is 4.98. The highest BCUT2D eigenvalue weighted by molar-refractivity contribution is 6.17. The lowest BCUT2D eigenvalue weighted by molar-refractivity contribution is 1.07. The maximum Gasteiger partial charge on any atom is 0.164 e. The van der Waals surface area contributed by atoms with Gasteiger partial charge in [-0.1, -0.05) is 164 Å². The number of rotatable bonds is 7. The summed E-state index contributed by atoms with van der Waals surface area (Å²) < 4.78 is 2.39. The van der Waals surface area contributed by atoms with Crippen LogP contribution in [0, 0.1) is 0 Å². The van der Waals surface area contributed by atoms with Gasteiger partial charge in [0.15, 0.2) is 17.5 Å². The quantitative estimate of drug-likeness (QED) is 0.166. The highest BCUT2D eigenvalue weighted by Gasteiger charge is 2.19. The van der Waals surface area contributed by atoms with E-state index in [0.29, 0.717) is 17.5 Å². The number of fused-ring (bicyclic) bond motifs is 3. The van der Waals surface area contributed by atoms with E-state index >= 15 is 0 Å². The van der Waals surface area contributed by atoms with Crippen LogP contribution < -0.4 is 0 Å². The molecule has 0 amide bonds. The minimum atomic E-state index is 0.633. The van der Waals surface area contributed by atoms with Gasteiger partial charge in [0.25, 0.3) is 0 Å². The fourth-order valence-electron chi connectivity index (χ4n) is 7.57. The van der Waals surface area contributed by atoms with Gasteiger partial charge in [-0.05, 0) is 75.8 Å². The summed E-state index contributed by atoms with van der Waals surface area (Å²) in [6.07, 6.45) is 0. The van der Waals surface area contributed by atoms with Crippen molar-refractivity contribution in [2.75, 3.05) is 0 Å². The molecule has 0 atom stereocenters. The monoisotopic (exact) mass is 702 g/mol. The van der Waals surface area contributed by atoms with E-state index in [1.807, 2.05) is 60.7 Å². The van der Waals surface area contributed by atoms with Crippen molar-refractivity contribution >= 4 is 21.8 Å². The molecule has 55 heavy (non-hydrogen) atoms.